The van der Waals surface area contributed by atoms with Gasteiger partial charge in [-0.25, -0.2) is 9.67 Å². The summed E-state index contributed by atoms with van der Waals surface area (Å²) in [6.07, 6.45) is 5.47. The van der Waals surface area contributed by atoms with E-state index < -0.39 is 0 Å². The Morgan fingerprint density at radius 2 is 2.15 bits per heavy atom. The van der Waals surface area contributed by atoms with Crippen molar-refractivity contribution in [2.45, 2.75) is 24.8 Å². The minimum atomic E-state index is 0.221. The molecule has 8 heteroatoms. The number of pyridine rings is 1. The van der Waals surface area contributed by atoms with E-state index in [0.717, 1.165) is 33.0 Å². The predicted molar refractivity (Wildman–Crippen MR) is 101 cm³/mol. The van der Waals surface area contributed by atoms with E-state index in [1.54, 1.807) is 18.1 Å². The van der Waals surface area contributed by atoms with Crippen molar-refractivity contribution in [2.75, 3.05) is 5.94 Å². The van der Waals surface area contributed by atoms with E-state index in [4.69, 9.17) is 4.74 Å². The van der Waals surface area contributed by atoms with Crippen LogP contribution < -0.4 is 0 Å². The summed E-state index contributed by atoms with van der Waals surface area (Å²) in [6.45, 7) is 4.05. The number of fused-ring (bicyclic) bond motifs is 1. The van der Waals surface area contributed by atoms with Gasteiger partial charge in [-0.2, -0.15) is 5.10 Å². The number of H-pyrrole nitrogens is 1. The van der Waals surface area contributed by atoms with Crippen LogP contribution in [0.5, 0.6) is 0 Å². The highest BCUT2D eigenvalue weighted by atomic mass is 32.2. The Labute approximate surface area is 154 Å². The van der Waals surface area contributed by atoms with Crippen molar-refractivity contribution in [3.8, 4) is 17.1 Å². The van der Waals surface area contributed by atoms with E-state index in [0.29, 0.717) is 5.94 Å². The molecule has 4 rings (SSSR count). The Kier molecular flexibility index (Phi) is 4.68. The number of thioether (sulfide) groups is 1. The standard InChI is InChI=1S/C18H18N6OS/c1-12(2)25-11-26-16-7-14-8-22-24(18(14)19-9-16)15-5-3-4-13(6-15)17-20-10-21-23-17/h3-10,12H,11H2,1-2H3,(H,20,21,23). The number of rotatable bonds is 6. The predicted octanol–water partition coefficient (Wildman–Crippen LogP) is 3.68. The number of hydrogen-bond acceptors (Lipinski definition) is 6. The minimum absolute atomic E-state index is 0.221. The molecule has 3 heterocycles. The van der Waals surface area contributed by atoms with Gasteiger partial charge in [0.05, 0.1) is 23.9 Å². The van der Waals surface area contributed by atoms with Crippen molar-refractivity contribution in [3.63, 3.8) is 0 Å². The van der Waals surface area contributed by atoms with Crippen molar-refractivity contribution < 1.29 is 4.74 Å². The third kappa shape index (κ3) is 3.47. The first-order chi connectivity index (χ1) is 12.7. The number of hydrogen-bond donors (Lipinski definition) is 1. The Morgan fingerprint density at radius 1 is 1.23 bits per heavy atom. The van der Waals surface area contributed by atoms with Crippen molar-refractivity contribution >= 4 is 22.8 Å². The van der Waals surface area contributed by atoms with Gasteiger partial charge in [0.2, 0.25) is 0 Å². The van der Waals surface area contributed by atoms with Crippen LogP contribution in [-0.4, -0.2) is 42.0 Å². The van der Waals surface area contributed by atoms with Crippen molar-refractivity contribution in [1.82, 2.24) is 29.9 Å². The van der Waals surface area contributed by atoms with Gasteiger partial charge in [0.1, 0.15) is 6.33 Å². The molecule has 0 fully saturated rings. The van der Waals surface area contributed by atoms with E-state index in [9.17, 15) is 0 Å². The summed E-state index contributed by atoms with van der Waals surface area (Å²) in [7, 11) is 0. The summed E-state index contributed by atoms with van der Waals surface area (Å²) in [5.41, 5.74) is 2.68. The Morgan fingerprint density at radius 3 is 2.96 bits per heavy atom. The molecule has 26 heavy (non-hydrogen) atoms. The molecule has 0 spiro atoms. The number of nitrogens with zero attached hydrogens (tertiary/aromatic N) is 5. The van der Waals surface area contributed by atoms with Gasteiger partial charge in [-0.1, -0.05) is 23.9 Å². The minimum Gasteiger partial charge on any atom is -0.368 e. The lowest BCUT2D eigenvalue weighted by Gasteiger charge is -2.07. The maximum Gasteiger partial charge on any atom is 0.162 e. The van der Waals surface area contributed by atoms with Crippen molar-refractivity contribution in [1.29, 1.82) is 0 Å². The molecule has 0 amide bonds. The van der Waals surface area contributed by atoms with Crippen LogP contribution >= 0.6 is 11.8 Å². The summed E-state index contributed by atoms with van der Waals surface area (Å²) >= 11 is 1.63. The van der Waals surface area contributed by atoms with Crippen LogP contribution in [0.2, 0.25) is 0 Å². The molecule has 0 aliphatic rings. The van der Waals surface area contributed by atoms with Crippen LogP contribution in [0, 0.1) is 0 Å². The third-order valence-electron chi connectivity index (χ3n) is 3.79. The quantitative estimate of drug-likeness (QED) is 0.414. The van der Waals surface area contributed by atoms with E-state index in [2.05, 4.69) is 31.3 Å². The largest absolute Gasteiger partial charge is 0.368 e. The van der Waals surface area contributed by atoms with Gasteiger partial charge in [0.25, 0.3) is 0 Å². The summed E-state index contributed by atoms with van der Waals surface area (Å²) in [6, 6.07) is 10.0. The second kappa shape index (κ2) is 7.27. The average Bonchev–Trinajstić information content (AvgIpc) is 3.31. The van der Waals surface area contributed by atoms with Crippen LogP contribution in [0.15, 0.2) is 53.9 Å². The fourth-order valence-corrected chi connectivity index (χ4v) is 3.35. The second-order valence-electron chi connectivity index (χ2n) is 6.01. The number of nitrogens with one attached hydrogen (secondary N) is 1. The van der Waals surface area contributed by atoms with Gasteiger partial charge in [-0.3, -0.25) is 0 Å². The number of benzene rings is 1. The van der Waals surface area contributed by atoms with Gasteiger partial charge in [-0.05, 0) is 32.0 Å². The van der Waals surface area contributed by atoms with Gasteiger partial charge in [-0.15, -0.1) is 10.2 Å². The smallest absolute Gasteiger partial charge is 0.162 e. The molecule has 0 saturated heterocycles. The number of aromatic amines is 1. The maximum absolute atomic E-state index is 5.58. The normalized spacial score (nSPS) is 11.5. The number of aromatic nitrogens is 6. The Hall–Kier alpha value is -2.71. The fraction of sp³-hybridized carbons (Fsp3) is 0.222. The van der Waals surface area contributed by atoms with Crippen molar-refractivity contribution in [3.05, 3.63) is 49.1 Å². The lowest BCUT2D eigenvalue weighted by atomic mass is 10.2. The third-order valence-corrected chi connectivity index (χ3v) is 4.60. The monoisotopic (exact) mass is 366 g/mol. The van der Waals surface area contributed by atoms with Gasteiger partial charge in [0, 0.05) is 22.0 Å². The SMILES string of the molecule is CC(C)OCSc1cnc2c(cnn2-c2cccc(-c3nnc[nH]3)c2)c1. The van der Waals surface area contributed by atoms with Gasteiger partial charge in [0.15, 0.2) is 11.5 Å². The van der Waals surface area contributed by atoms with E-state index >= 15 is 0 Å². The van der Waals surface area contributed by atoms with Crippen LogP contribution in [0.1, 0.15) is 13.8 Å². The van der Waals surface area contributed by atoms with Crippen molar-refractivity contribution in [2.24, 2.45) is 0 Å². The highest BCUT2D eigenvalue weighted by Crippen LogP contribution is 2.25. The van der Waals surface area contributed by atoms with E-state index in [1.807, 2.05) is 55.2 Å². The lowest BCUT2D eigenvalue weighted by molar-refractivity contribution is 0.120. The molecular formula is C18H18N6OS. The average molecular weight is 366 g/mol. The molecule has 7 nitrogen and oxygen atoms in total. The maximum atomic E-state index is 5.58. The molecule has 0 radical (unpaired) electrons. The summed E-state index contributed by atoms with van der Waals surface area (Å²) in [5.74, 6) is 1.33. The Balaban J connectivity index is 1.62. The van der Waals surface area contributed by atoms with Crippen LogP contribution in [0.4, 0.5) is 0 Å². The van der Waals surface area contributed by atoms with Gasteiger partial charge >= 0.3 is 0 Å². The molecule has 0 bridgehead atoms. The molecule has 1 N–H and O–H groups in total. The van der Waals surface area contributed by atoms with Crippen LogP contribution in [0.25, 0.3) is 28.1 Å². The summed E-state index contributed by atoms with van der Waals surface area (Å²) in [4.78, 5) is 8.67. The van der Waals surface area contributed by atoms with E-state index in [-0.39, 0.29) is 6.10 Å². The lowest BCUT2D eigenvalue weighted by Crippen LogP contribution is -2.01. The zero-order chi connectivity index (χ0) is 17.9. The molecule has 4 aromatic rings. The highest BCUT2D eigenvalue weighted by Gasteiger charge is 2.10. The first-order valence-corrected chi connectivity index (χ1v) is 9.24. The molecule has 0 atom stereocenters. The van der Waals surface area contributed by atoms with Crippen LogP contribution in [0.3, 0.4) is 0 Å². The summed E-state index contributed by atoms with van der Waals surface area (Å²) in [5, 5.41) is 13.4. The van der Waals surface area contributed by atoms with E-state index in [1.165, 1.54) is 0 Å². The van der Waals surface area contributed by atoms with Gasteiger partial charge < -0.3 is 9.72 Å². The number of ether oxygens (including phenoxy) is 1. The first kappa shape index (κ1) is 16.7. The Bertz CT molecular complexity index is 1010. The molecule has 0 unspecified atom stereocenters. The molecule has 0 aliphatic carbocycles. The fourth-order valence-electron chi connectivity index (χ4n) is 2.54. The first-order valence-electron chi connectivity index (χ1n) is 8.26. The molecule has 3 aromatic heterocycles. The topological polar surface area (TPSA) is 81.5 Å². The molecule has 1 aromatic carbocycles. The second-order valence-corrected chi connectivity index (χ2v) is 7.00. The molecule has 0 saturated carbocycles. The zero-order valence-electron chi connectivity index (χ0n) is 14.5. The summed E-state index contributed by atoms with van der Waals surface area (Å²) < 4.78 is 7.41. The van der Waals surface area contributed by atoms with Crippen LogP contribution in [-0.2, 0) is 4.74 Å². The molecule has 0 aliphatic heterocycles. The zero-order valence-corrected chi connectivity index (χ0v) is 15.3. The highest BCUT2D eigenvalue weighted by molar-refractivity contribution is 7.99. The molecular weight excluding hydrogens is 348 g/mol. The molecule has 132 valence electrons.